The highest BCUT2D eigenvalue weighted by atomic mass is 79.9. The number of aromatic hydroxyl groups is 1. The zero-order valence-electron chi connectivity index (χ0n) is 17.3. The predicted octanol–water partition coefficient (Wildman–Crippen LogP) is 3.92. The maximum atomic E-state index is 12.6. The predicted molar refractivity (Wildman–Crippen MR) is 121 cm³/mol. The Balaban J connectivity index is 1.27. The number of phenolic OH excluding ortho intramolecular Hbond substituents is 1. The van der Waals surface area contributed by atoms with Crippen molar-refractivity contribution in [3.05, 3.63) is 52.5 Å². The Labute approximate surface area is 187 Å². The number of allylic oxidation sites excluding steroid dienone is 1. The fraction of sp³-hybridized carbons (Fsp3) is 0.542. The molecule has 3 fully saturated rings. The van der Waals surface area contributed by atoms with E-state index >= 15 is 0 Å². The number of hydrogen-bond donors (Lipinski definition) is 3. The second-order valence-electron chi connectivity index (χ2n) is 8.85. The van der Waals surface area contributed by atoms with Crippen LogP contribution < -0.4 is 10.6 Å². The first-order chi connectivity index (χ1) is 14.5. The van der Waals surface area contributed by atoms with Gasteiger partial charge in [-0.1, -0.05) is 40.2 Å². The maximum Gasteiger partial charge on any atom is 0.310 e. The van der Waals surface area contributed by atoms with Gasteiger partial charge in [-0.25, -0.2) is 0 Å². The van der Waals surface area contributed by atoms with Gasteiger partial charge in [0.1, 0.15) is 11.9 Å². The van der Waals surface area contributed by atoms with Gasteiger partial charge in [-0.15, -0.1) is 0 Å². The van der Waals surface area contributed by atoms with Gasteiger partial charge < -0.3 is 20.5 Å². The van der Waals surface area contributed by atoms with Crippen molar-refractivity contribution in [1.82, 2.24) is 10.6 Å². The zero-order chi connectivity index (χ0) is 21.3. The molecule has 3 N–H and O–H groups in total. The maximum absolute atomic E-state index is 12.6. The van der Waals surface area contributed by atoms with Gasteiger partial charge in [0.2, 0.25) is 0 Å². The molecule has 3 aliphatic rings. The summed E-state index contributed by atoms with van der Waals surface area (Å²) in [6.45, 7) is 11.3. The van der Waals surface area contributed by atoms with Crippen molar-refractivity contribution in [2.24, 2.45) is 23.7 Å². The molecule has 1 unspecified atom stereocenters. The number of hydrogen-bond acceptors (Lipinski definition) is 5. The molecule has 2 aliphatic carbocycles. The molecule has 5 nitrogen and oxygen atoms in total. The van der Waals surface area contributed by atoms with Crippen LogP contribution in [0.5, 0.6) is 5.75 Å². The van der Waals surface area contributed by atoms with E-state index in [1.807, 2.05) is 12.1 Å². The standard InChI is InChI=1S/C24H31BrN2O3/c1-14-3-7-19-20(24(29)30-23(19)22-15(2)4-6-18(14)22)13-27-10-9-26-12-16-11-17(25)5-8-21(16)28/h5,8,11,18-20,22-23,26-28H,1-4,6-7,9-10,12-13H2/t18-,19-,20?,22-,23-/m0/s1. The highest BCUT2D eigenvalue weighted by Crippen LogP contribution is 2.52. The summed E-state index contributed by atoms with van der Waals surface area (Å²) in [6, 6.07) is 5.42. The van der Waals surface area contributed by atoms with Crippen LogP contribution in [-0.4, -0.2) is 36.8 Å². The first kappa shape index (κ1) is 21.6. The number of carbonyl (C=O) groups is 1. The van der Waals surface area contributed by atoms with E-state index in [4.69, 9.17) is 4.74 Å². The molecule has 1 aromatic carbocycles. The molecular weight excluding hydrogens is 444 g/mol. The van der Waals surface area contributed by atoms with Crippen LogP contribution >= 0.6 is 15.9 Å². The highest BCUT2D eigenvalue weighted by molar-refractivity contribution is 9.10. The van der Waals surface area contributed by atoms with Gasteiger partial charge in [0.25, 0.3) is 0 Å². The molecule has 162 valence electrons. The number of rotatable bonds is 7. The Bertz CT molecular complexity index is 840. The third-order valence-corrected chi connectivity index (χ3v) is 7.55. The Hall–Kier alpha value is -1.63. The minimum atomic E-state index is -0.0935. The van der Waals surface area contributed by atoms with Gasteiger partial charge in [0.05, 0.1) is 5.92 Å². The third kappa shape index (κ3) is 4.36. The lowest BCUT2D eigenvalue weighted by Gasteiger charge is -2.27. The number of carbonyl (C=O) groups excluding carboxylic acids is 1. The van der Waals surface area contributed by atoms with Crippen LogP contribution in [0.1, 0.15) is 31.2 Å². The van der Waals surface area contributed by atoms with E-state index in [9.17, 15) is 9.90 Å². The van der Waals surface area contributed by atoms with Gasteiger partial charge in [0.15, 0.2) is 0 Å². The van der Waals surface area contributed by atoms with Gasteiger partial charge in [-0.2, -0.15) is 0 Å². The minimum Gasteiger partial charge on any atom is -0.508 e. The van der Waals surface area contributed by atoms with E-state index in [2.05, 4.69) is 39.7 Å². The van der Waals surface area contributed by atoms with Crippen LogP contribution in [0.15, 0.2) is 47.0 Å². The number of esters is 1. The van der Waals surface area contributed by atoms with Crippen LogP contribution in [0.2, 0.25) is 0 Å². The van der Waals surface area contributed by atoms with Crippen LogP contribution in [0.3, 0.4) is 0 Å². The normalized spacial score (nSPS) is 30.7. The Morgan fingerprint density at radius 2 is 1.90 bits per heavy atom. The molecule has 1 aromatic rings. The second-order valence-corrected chi connectivity index (χ2v) is 9.77. The fourth-order valence-corrected chi connectivity index (χ4v) is 5.84. The van der Waals surface area contributed by atoms with E-state index in [1.54, 1.807) is 6.07 Å². The van der Waals surface area contributed by atoms with Crippen molar-refractivity contribution >= 4 is 21.9 Å². The Kier molecular flexibility index (Phi) is 6.66. The van der Waals surface area contributed by atoms with E-state index < -0.39 is 0 Å². The van der Waals surface area contributed by atoms with Crippen LogP contribution in [-0.2, 0) is 16.1 Å². The van der Waals surface area contributed by atoms with Crippen molar-refractivity contribution < 1.29 is 14.6 Å². The number of phenols is 1. The molecule has 4 rings (SSSR count). The molecular formula is C24H31BrN2O3. The van der Waals surface area contributed by atoms with Crippen molar-refractivity contribution in [3.63, 3.8) is 0 Å². The lowest BCUT2D eigenvalue weighted by molar-refractivity contribution is -0.145. The summed E-state index contributed by atoms with van der Waals surface area (Å²) in [7, 11) is 0. The third-order valence-electron chi connectivity index (χ3n) is 7.05. The largest absolute Gasteiger partial charge is 0.508 e. The molecule has 0 radical (unpaired) electrons. The summed E-state index contributed by atoms with van der Waals surface area (Å²) in [5.74, 6) is 1.09. The summed E-state index contributed by atoms with van der Waals surface area (Å²) >= 11 is 3.43. The number of benzene rings is 1. The number of fused-ring (bicyclic) bond motifs is 3. The van der Waals surface area contributed by atoms with E-state index in [-0.39, 0.29) is 29.8 Å². The minimum absolute atomic E-state index is 0.0267. The van der Waals surface area contributed by atoms with Crippen LogP contribution in [0, 0.1) is 23.7 Å². The molecule has 5 atom stereocenters. The molecule has 0 aromatic heterocycles. The average Bonchev–Trinajstić information content (AvgIpc) is 3.20. The quantitative estimate of drug-likeness (QED) is 0.317. The summed E-state index contributed by atoms with van der Waals surface area (Å²) in [4.78, 5) is 12.6. The van der Waals surface area contributed by atoms with Crippen molar-refractivity contribution in [2.75, 3.05) is 19.6 Å². The van der Waals surface area contributed by atoms with Gasteiger partial charge >= 0.3 is 5.97 Å². The molecule has 0 bridgehead atoms. The van der Waals surface area contributed by atoms with Gasteiger partial charge in [0, 0.05) is 48.1 Å². The van der Waals surface area contributed by atoms with Crippen molar-refractivity contribution in [2.45, 2.75) is 38.3 Å². The van der Waals surface area contributed by atoms with Crippen LogP contribution in [0.4, 0.5) is 0 Å². The molecule has 6 heteroatoms. The van der Waals surface area contributed by atoms with Gasteiger partial charge in [-0.05, 0) is 49.8 Å². The molecule has 1 saturated heterocycles. The molecule has 0 spiro atoms. The summed E-state index contributed by atoms with van der Waals surface area (Å²) in [5.41, 5.74) is 3.41. The number of ether oxygens (including phenoxy) is 1. The zero-order valence-corrected chi connectivity index (χ0v) is 18.9. The smallest absolute Gasteiger partial charge is 0.310 e. The highest BCUT2D eigenvalue weighted by Gasteiger charge is 2.53. The van der Waals surface area contributed by atoms with E-state index in [0.717, 1.165) is 48.8 Å². The fourth-order valence-electron chi connectivity index (χ4n) is 5.43. The Morgan fingerprint density at radius 3 is 2.73 bits per heavy atom. The van der Waals surface area contributed by atoms with E-state index in [0.29, 0.717) is 24.8 Å². The Morgan fingerprint density at radius 1 is 1.13 bits per heavy atom. The lowest BCUT2D eigenvalue weighted by atomic mass is 9.79. The summed E-state index contributed by atoms with van der Waals surface area (Å²) < 4.78 is 6.87. The molecule has 1 aliphatic heterocycles. The first-order valence-electron chi connectivity index (χ1n) is 10.9. The molecule has 1 heterocycles. The second kappa shape index (κ2) is 9.25. The van der Waals surface area contributed by atoms with Gasteiger partial charge in [-0.3, -0.25) is 4.79 Å². The topological polar surface area (TPSA) is 70.6 Å². The van der Waals surface area contributed by atoms with Crippen molar-refractivity contribution in [1.29, 1.82) is 0 Å². The van der Waals surface area contributed by atoms with E-state index in [1.165, 1.54) is 11.1 Å². The number of halogens is 1. The molecule has 2 saturated carbocycles. The molecule has 0 amide bonds. The van der Waals surface area contributed by atoms with Crippen molar-refractivity contribution in [3.8, 4) is 5.75 Å². The first-order valence-corrected chi connectivity index (χ1v) is 11.7. The SMILES string of the molecule is C=C1CC[C@H]2C(=C)CC[C@H]3C(CNCCNCc4cc(Br)ccc4O)C(=O)O[C@@H]3[C@@H]12. The number of nitrogens with one attached hydrogen (secondary N) is 2. The summed E-state index contributed by atoms with van der Waals surface area (Å²) in [5, 5.41) is 16.7. The molecule has 30 heavy (non-hydrogen) atoms. The lowest BCUT2D eigenvalue weighted by Crippen LogP contribution is -2.36. The summed E-state index contributed by atoms with van der Waals surface area (Å²) in [6.07, 6.45) is 4.06. The monoisotopic (exact) mass is 474 g/mol. The van der Waals surface area contributed by atoms with Crippen LogP contribution in [0.25, 0.3) is 0 Å². The average molecular weight is 475 g/mol.